The van der Waals surface area contributed by atoms with Gasteiger partial charge in [-0.3, -0.25) is 14.2 Å². The van der Waals surface area contributed by atoms with Gasteiger partial charge in [0.05, 0.1) is 16.7 Å². The lowest BCUT2D eigenvalue weighted by Gasteiger charge is -2.12. The molecule has 0 fully saturated rings. The third-order valence-electron chi connectivity index (χ3n) is 4.06. The number of Topliss-reactive ketones (excluding diaryl/α,β-unsaturated/α-hetero) is 1. The number of para-hydroxylation sites is 1. The Hall–Kier alpha value is -1.96. The molecule has 140 valence electrons. The van der Waals surface area contributed by atoms with Crippen molar-refractivity contribution in [3.8, 4) is 0 Å². The van der Waals surface area contributed by atoms with Crippen molar-refractivity contribution in [3.63, 3.8) is 0 Å². The number of benzene rings is 2. The highest BCUT2D eigenvalue weighted by Crippen LogP contribution is 2.20. The Morgan fingerprint density at radius 1 is 1.19 bits per heavy atom. The Labute approximate surface area is 169 Å². The zero-order chi connectivity index (χ0) is 19.2. The van der Waals surface area contributed by atoms with E-state index in [1.54, 1.807) is 29.9 Å². The predicted octanol–water partition coefficient (Wildman–Crippen LogP) is 4.17. The number of carbonyl (C=O) groups excluding carboxylic acids is 1. The van der Waals surface area contributed by atoms with E-state index in [9.17, 15) is 9.59 Å². The van der Waals surface area contributed by atoms with E-state index in [2.05, 4.69) is 20.9 Å². The maximum Gasteiger partial charge on any atom is 0.262 e. The van der Waals surface area contributed by atoms with E-state index in [1.807, 2.05) is 30.3 Å². The van der Waals surface area contributed by atoms with Gasteiger partial charge in [-0.2, -0.15) is 0 Å². The average molecular weight is 447 g/mol. The first kappa shape index (κ1) is 19.8. The van der Waals surface area contributed by atoms with E-state index >= 15 is 0 Å². The molecule has 2 aromatic carbocycles. The molecule has 3 aromatic rings. The second-order valence-electron chi connectivity index (χ2n) is 5.93. The molecule has 0 amide bonds. The highest BCUT2D eigenvalue weighted by atomic mass is 79.9. The second kappa shape index (κ2) is 9.30. The summed E-state index contributed by atoms with van der Waals surface area (Å²) in [6.07, 6.45) is 0.699. The molecule has 0 saturated carbocycles. The first-order valence-corrected chi connectivity index (χ1v) is 10.3. The zero-order valence-electron chi connectivity index (χ0n) is 14.9. The summed E-state index contributed by atoms with van der Waals surface area (Å²) in [5.41, 5.74) is 1.19. The summed E-state index contributed by atoms with van der Waals surface area (Å²) < 4.78 is 7.66. The summed E-state index contributed by atoms with van der Waals surface area (Å²) in [7, 11) is 1.63. The van der Waals surface area contributed by atoms with Crippen LogP contribution in [-0.2, 0) is 11.3 Å². The van der Waals surface area contributed by atoms with E-state index in [0.29, 0.717) is 41.2 Å². The van der Waals surface area contributed by atoms with Crippen LogP contribution in [0, 0.1) is 0 Å². The average Bonchev–Trinajstić information content (AvgIpc) is 2.68. The fraction of sp³-hybridized carbons (Fsp3) is 0.250. The molecule has 0 aliphatic carbocycles. The van der Waals surface area contributed by atoms with Crippen LogP contribution in [0.25, 0.3) is 10.9 Å². The van der Waals surface area contributed by atoms with Crippen molar-refractivity contribution in [1.29, 1.82) is 0 Å². The molecule has 7 heteroatoms. The number of hydrogen-bond donors (Lipinski definition) is 0. The van der Waals surface area contributed by atoms with E-state index in [-0.39, 0.29) is 17.1 Å². The summed E-state index contributed by atoms with van der Waals surface area (Å²) in [4.78, 5) is 30.0. The molecular formula is C20H19BrN2O3S. The Kier molecular flexibility index (Phi) is 6.82. The minimum Gasteiger partial charge on any atom is -0.385 e. The number of carbonyl (C=O) groups is 1. The number of rotatable bonds is 8. The molecule has 27 heavy (non-hydrogen) atoms. The molecule has 0 atom stereocenters. The number of thioether (sulfide) groups is 1. The molecule has 0 unspecified atom stereocenters. The van der Waals surface area contributed by atoms with Crippen molar-refractivity contribution < 1.29 is 9.53 Å². The van der Waals surface area contributed by atoms with Gasteiger partial charge in [0.25, 0.3) is 5.56 Å². The zero-order valence-corrected chi connectivity index (χ0v) is 17.3. The number of halogens is 1. The standard InChI is InChI=1S/C20H19BrN2O3S/c1-26-12-4-11-23-19(25)16-5-2-3-6-17(16)22-20(23)27-13-18(24)14-7-9-15(21)10-8-14/h2-3,5-10H,4,11-13H2,1H3. The predicted molar refractivity (Wildman–Crippen MR) is 112 cm³/mol. The van der Waals surface area contributed by atoms with Gasteiger partial charge in [0.2, 0.25) is 0 Å². The number of ether oxygens (including phenoxy) is 1. The van der Waals surface area contributed by atoms with Gasteiger partial charge in [-0.1, -0.05) is 52.0 Å². The normalized spacial score (nSPS) is 11.0. The minimum atomic E-state index is -0.0877. The van der Waals surface area contributed by atoms with Crippen LogP contribution < -0.4 is 5.56 Å². The van der Waals surface area contributed by atoms with Gasteiger partial charge in [-0.05, 0) is 30.7 Å². The fourth-order valence-electron chi connectivity index (χ4n) is 2.67. The lowest BCUT2D eigenvalue weighted by molar-refractivity contribution is 0.102. The third kappa shape index (κ3) is 4.86. The molecule has 1 aromatic heterocycles. The molecule has 0 saturated heterocycles. The van der Waals surface area contributed by atoms with Crippen LogP contribution in [0.4, 0.5) is 0 Å². The monoisotopic (exact) mass is 446 g/mol. The van der Waals surface area contributed by atoms with Crippen LogP contribution in [0.15, 0.2) is 63.0 Å². The Morgan fingerprint density at radius 2 is 1.93 bits per heavy atom. The molecule has 5 nitrogen and oxygen atoms in total. The summed E-state index contributed by atoms with van der Waals surface area (Å²) in [5.74, 6) is 0.217. The van der Waals surface area contributed by atoms with Crippen LogP contribution in [0.1, 0.15) is 16.8 Å². The van der Waals surface area contributed by atoms with Gasteiger partial charge in [-0.15, -0.1) is 0 Å². The molecule has 3 rings (SSSR count). The van der Waals surface area contributed by atoms with Gasteiger partial charge in [0.15, 0.2) is 10.9 Å². The van der Waals surface area contributed by atoms with E-state index in [1.165, 1.54) is 11.8 Å². The molecule has 0 aliphatic heterocycles. The van der Waals surface area contributed by atoms with Gasteiger partial charge >= 0.3 is 0 Å². The quantitative estimate of drug-likeness (QED) is 0.225. The number of methoxy groups -OCH3 is 1. The van der Waals surface area contributed by atoms with E-state index < -0.39 is 0 Å². The van der Waals surface area contributed by atoms with E-state index in [4.69, 9.17) is 4.74 Å². The van der Waals surface area contributed by atoms with E-state index in [0.717, 1.165) is 4.47 Å². The highest BCUT2D eigenvalue weighted by molar-refractivity contribution is 9.10. The highest BCUT2D eigenvalue weighted by Gasteiger charge is 2.14. The van der Waals surface area contributed by atoms with Crippen molar-refractivity contribution in [2.24, 2.45) is 0 Å². The van der Waals surface area contributed by atoms with Crippen LogP contribution in [0.3, 0.4) is 0 Å². The maximum absolute atomic E-state index is 12.9. The molecule has 0 radical (unpaired) electrons. The molecule has 1 heterocycles. The number of aromatic nitrogens is 2. The van der Waals surface area contributed by atoms with Crippen molar-refractivity contribution >= 4 is 44.4 Å². The topological polar surface area (TPSA) is 61.2 Å². The summed E-state index contributed by atoms with van der Waals surface area (Å²) >= 11 is 4.66. The maximum atomic E-state index is 12.9. The summed E-state index contributed by atoms with van der Waals surface area (Å²) in [6.45, 7) is 1.06. The number of nitrogens with zero attached hydrogens (tertiary/aromatic N) is 2. The molecule has 0 N–H and O–H groups in total. The number of hydrogen-bond acceptors (Lipinski definition) is 5. The first-order valence-electron chi connectivity index (χ1n) is 8.50. The van der Waals surface area contributed by atoms with Gasteiger partial charge in [-0.25, -0.2) is 4.98 Å². The van der Waals surface area contributed by atoms with Gasteiger partial charge in [0, 0.05) is 30.3 Å². The van der Waals surface area contributed by atoms with Crippen LogP contribution in [0.5, 0.6) is 0 Å². The van der Waals surface area contributed by atoms with Crippen molar-refractivity contribution in [2.45, 2.75) is 18.1 Å². The number of fused-ring (bicyclic) bond motifs is 1. The van der Waals surface area contributed by atoms with Crippen molar-refractivity contribution in [2.75, 3.05) is 19.5 Å². The summed E-state index contributed by atoms with van der Waals surface area (Å²) in [6, 6.07) is 14.5. The SMILES string of the molecule is COCCCn1c(SCC(=O)c2ccc(Br)cc2)nc2ccccc2c1=O. The van der Waals surface area contributed by atoms with Gasteiger partial charge in [0.1, 0.15) is 0 Å². The molecule has 0 aliphatic rings. The van der Waals surface area contributed by atoms with Gasteiger partial charge < -0.3 is 4.74 Å². The molecule has 0 spiro atoms. The largest absolute Gasteiger partial charge is 0.385 e. The fourth-order valence-corrected chi connectivity index (χ4v) is 3.86. The van der Waals surface area contributed by atoms with Crippen molar-refractivity contribution in [3.05, 3.63) is 68.9 Å². The Balaban J connectivity index is 1.87. The second-order valence-corrected chi connectivity index (χ2v) is 7.79. The van der Waals surface area contributed by atoms with Crippen LogP contribution in [-0.4, -0.2) is 34.8 Å². The van der Waals surface area contributed by atoms with Crippen LogP contribution >= 0.6 is 27.7 Å². The Morgan fingerprint density at radius 3 is 2.67 bits per heavy atom. The smallest absolute Gasteiger partial charge is 0.262 e. The third-order valence-corrected chi connectivity index (χ3v) is 5.56. The first-order chi connectivity index (χ1) is 13.1. The number of ketones is 1. The lowest BCUT2D eigenvalue weighted by Crippen LogP contribution is -2.24. The minimum absolute atomic E-state index is 0.00153. The van der Waals surface area contributed by atoms with Crippen LogP contribution in [0.2, 0.25) is 0 Å². The summed E-state index contributed by atoms with van der Waals surface area (Å²) in [5, 5.41) is 1.14. The lowest BCUT2D eigenvalue weighted by atomic mass is 10.2. The van der Waals surface area contributed by atoms with Crippen molar-refractivity contribution in [1.82, 2.24) is 9.55 Å². The molecular weight excluding hydrogens is 428 g/mol. The Bertz CT molecular complexity index is 1000. The molecule has 0 bridgehead atoms.